The summed E-state index contributed by atoms with van der Waals surface area (Å²) in [5, 5.41) is 19.3. The average molecular weight is 186 g/mol. The molecule has 0 bridgehead atoms. The highest BCUT2D eigenvalue weighted by Crippen LogP contribution is 2.35. The maximum atomic E-state index is 9.68. The second kappa shape index (κ2) is 4.97. The van der Waals surface area contributed by atoms with Crippen molar-refractivity contribution in [2.24, 2.45) is 11.8 Å². The quantitative estimate of drug-likeness (QED) is 0.665. The summed E-state index contributed by atoms with van der Waals surface area (Å²) in [6, 6.07) is 0. The highest BCUT2D eigenvalue weighted by molar-refractivity contribution is 4.85. The van der Waals surface area contributed by atoms with Crippen LogP contribution in [0.1, 0.15) is 46.0 Å². The lowest BCUT2D eigenvalue weighted by Gasteiger charge is -2.20. The van der Waals surface area contributed by atoms with Crippen molar-refractivity contribution in [3.63, 3.8) is 0 Å². The van der Waals surface area contributed by atoms with Crippen LogP contribution in [0.25, 0.3) is 0 Å². The van der Waals surface area contributed by atoms with Gasteiger partial charge in [-0.05, 0) is 31.1 Å². The minimum atomic E-state index is -0.492. The minimum absolute atomic E-state index is 0.392. The molecule has 1 aliphatic rings. The zero-order valence-electron chi connectivity index (χ0n) is 8.74. The van der Waals surface area contributed by atoms with E-state index in [1.807, 2.05) is 0 Å². The van der Waals surface area contributed by atoms with Gasteiger partial charge in [0.15, 0.2) is 0 Å². The molecular formula is C11H22O2. The van der Waals surface area contributed by atoms with Gasteiger partial charge in [0, 0.05) is 0 Å². The molecule has 0 aliphatic heterocycles. The first kappa shape index (κ1) is 11.0. The summed E-state index contributed by atoms with van der Waals surface area (Å²) in [4.78, 5) is 0. The lowest BCUT2D eigenvalue weighted by molar-refractivity contribution is -0.00665. The van der Waals surface area contributed by atoms with Gasteiger partial charge in [0.05, 0.1) is 12.2 Å². The zero-order valence-corrected chi connectivity index (χ0v) is 8.74. The van der Waals surface area contributed by atoms with E-state index in [0.29, 0.717) is 11.8 Å². The molecule has 13 heavy (non-hydrogen) atoms. The number of hydrogen-bond donors (Lipinski definition) is 2. The van der Waals surface area contributed by atoms with Crippen molar-refractivity contribution >= 4 is 0 Å². The Morgan fingerprint density at radius 1 is 1.31 bits per heavy atom. The summed E-state index contributed by atoms with van der Waals surface area (Å²) in [6.45, 7) is 4.30. The molecule has 2 heteroatoms. The molecule has 78 valence electrons. The Bertz CT molecular complexity index is 143. The largest absolute Gasteiger partial charge is 0.390 e. The van der Waals surface area contributed by atoms with E-state index in [1.165, 1.54) is 0 Å². The molecule has 2 N–H and O–H groups in total. The van der Waals surface area contributed by atoms with Crippen molar-refractivity contribution < 1.29 is 10.2 Å². The summed E-state index contributed by atoms with van der Waals surface area (Å²) < 4.78 is 0. The third kappa shape index (κ3) is 3.65. The van der Waals surface area contributed by atoms with Gasteiger partial charge in [-0.2, -0.15) is 0 Å². The van der Waals surface area contributed by atoms with Crippen LogP contribution in [-0.4, -0.2) is 22.4 Å². The van der Waals surface area contributed by atoms with Crippen LogP contribution in [0, 0.1) is 11.8 Å². The van der Waals surface area contributed by atoms with Crippen LogP contribution in [0.15, 0.2) is 0 Å². The Labute approximate surface area is 81.0 Å². The molecule has 1 aliphatic carbocycles. The average Bonchev–Trinajstić information content (AvgIpc) is 2.85. The molecule has 3 unspecified atom stereocenters. The van der Waals surface area contributed by atoms with Crippen LogP contribution in [0.2, 0.25) is 0 Å². The molecule has 2 nitrogen and oxygen atoms in total. The van der Waals surface area contributed by atoms with E-state index in [0.717, 1.165) is 32.1 Å². The monoisotopic (exact) mass is 186 g/mol. The van der Waals surface area contributed by atoms with E-state index < -0.39 is 12.2 Å². The van der Waals surface area contributed by atoms with E-state index in [9.17, 15) is 10.2 Å². The molecule has 1 fully saturated rings. The molecule has 0 heterocycles. The predicted octanol–water partition coefficient (Wildman–Crippen LogP) is 1.94. The molecule has 0 aromatic carbocycles. The van der Waals surface area contributed by atoms with Crippen molar-refractivity contribution in [3.8, 4) is 0 Å². The third-order valence-electron chi connectivity index (χ3n) is 2.92. The maximum absolute atomic E-state index is 9.68. The van der Waals surface area contributed by atoms with Crippen LogP contribution in [-0.2, 0) is 0 Å². The Kier molecular flexibility index (Phi) is 4.20. The van der Waals surface area contributed by atoms with Gasteiger partial charge >= 0.3 is 0 Å². The van der Waals surface area contributed by atoms with Crippen molar-refractivity contribution in [3.05, 3.63) is 0 Å². The minimum Gasteiger partial charge on any atom is -0.390 e. The van der Waals surface area contributed by atoms with Crippen molar-refractivity contribution in [2.45, 2.75) is 58.2 Å². The van der Waals surface area contributed by atoms with Gasteiger partial charge < -0.3 is 10.2 Å². The predicted molar refractivity (Wildman–Crippen MR) is 53.4 cm³/mol. The van der Waals surface area contributed by atoms with Crippen molar-refractivity contribution in [1.29, 1.82) is 0 Å². The fourth-order valence-electron chi connectivity index (χ4n) is 1.91. The van der Waals surface area contributed by atoms with E-state index in [1.54, 1.807) is 0 Å². The standard InChI is InChI=1S/C11H22O2/c1-3-4-8(2)7-10(12)11(13)9-5-6-9/h8-13H,3-7H2,1-2H3. The van der Waals surface area contributed by atoms with Crippen LogP contribution < -0.4 is 0 Å². The second-order valence-corrected chi connectivity index (χ2v) is 4.52. The van der Waals surface area contributed by atoms with Gasteiger partial charge in [-0.3, -0.25) is 0 Å². The van der Waals surface area contributed by atoms with E-state index in [-0.39, 0.29) is 0 Å². The SMILES string of the molecule is CCCC(C)CC(O)C(O)C1CC1. The topological polar surface area (TPSA) is 40.5 Å². The summed E-state index contributed by atoms with van der Waals surface area (Å²) >= 11 is 0. The third-order valence-corrected chi connectivity index (χ3v) is 2.92. The lowest BCUT2D eigenvalue weighted by Crippen LogP contribution is -2.29. The Morgan fingerprint density at radius 3 is 2.38 bits per heavy atom. The van der Waals surface area contributed by atoms with Crippen LogP contribution in [0.5, 0.6) is 0 Å². The number of aliphatic hydroxyl groups excluding tert-OH is 2. The first-order valence-corrected chi connectivity index (χ1v) is 5.51. The molecule has 1 saturated carbocycles. The normalized spacial score (nSPS) is 24.0. The van der Waals surface area contributed by atoms with Gasteiger partial charge in [-0.25, -0.2) is 0 Å². The second-order valence-electron chi connectivity index (χ2n) is 4.52. The molecule has 0 amide bonds. The van der Waals surface area contributed by atoms with Gasteiger partial charge in [0.2, 0.25) is 0 Å². The van der Waals surface area contributed by atoms with E-state index in [4.69, 9.17) is 0 Å². The molecule has 0 saturated heterocycles. The Balaban J connectivity index is 2.18. The smallest absolute Gasteiger partial charge is 0.0827 e. The molecule has 1 rings (SSSR count). The zero-order chi connectivity index (χ0) is 9.84. The fourth-order valence-corrected chi connectivity index (χ4v) is 1.91. The first-order valence-electron chi connectivity index (χ1n) is 5.51. The molecular weight excluding hydrogens is 164 g/mol. The summed E-state index contributed by atoms with van der Waals surface area (Å²) in [5.74, 6) is 0.928. The summed E-state index contributed by atoms with van der Waals surface area (Å²) in [5.41, 5.74) is 0. The van der Waals surface area contributed by atoms with E-state index in [2.05, 4.69) is 13.8 Å². The molecule has 0 radical (unpaired) electrons. The van der Waals surface area contributed by atoms with Gasteiger partial charge in [-0.1, -0.05) is 26.7 Å². The van der Waals surface area contributed by atoms with Crippen LogP contribution >= 0.6 is 0 Å². The van der Waals surface area contributed by atoms with E-state index >= 15 is 0 Å². The summed E-state index contributed by atoms with van der Waals surface area (Å²) in [6.07, 6.45) is 4.31. The van der Waals surface area contributed by atoms with Crippen LogP contribution in [0.3, 0.4) is 0 Å². The van der Waals surface area contributed by atoms with Gasteiger partial charge in [-0.15, -0.1) is 0 Å². The maximum Gasteiger partial charge on any atom is 0.0827 e. The number of rotatable bonds is 6. The highest BCUT2D eigenvalue weighted by atomic mass is 16.3. The van der Waals surface area contributed by atoms with Crippen LogP contribution in [0.4, 0.5) is 0 Å². The summed E-state index contributed by atoms with van der Waals surface area (Å²) in [7, 11) is 0. The van der Waals surface area contributed by atoms with Crippen molar-refractivity contribution in [2.75, 3.05) is 0 Å². The fraction of sp³-hybridized carbons (Fsp3) is 1.00. The molecule has 3 atom stereocenters. The molecule has 0 aromatic rings. The highest BCUT2D eigenvalue weighted by Gasteiger charge is 2.34. The van der Waals surface area contributed by atoms with Gasteiger partial charge in [0.1, 0.15) is 0 Å². The molecule has 0 aromatic heterocycles. The number of hydrogen-bond acceptors (Lipinski definition) is 2. The van der Waals surface area contributed by atoms with Crippen molar-refractivity contribution in [1.82, 2.24) is 0 Å². The lowest BCUT2D eigenvalue weighted by atomic mass is 9.95. The Hall–Kier alpha value is -0.0800. The van der Waals surface area contributed by atoms with Gasteiger partial charge in [0.25, 0.3) is 0 Å². The number of aliphatic hydroxyl groups is 2. The molecule has 0 spiro atoms. The first-order chi connectivity index (χ1) is 6.15. The Morgan fingerprint density at radius 2 is 1.92 bits per heavy atom.